The van der Waals surface area contributed by atoms with Crippen LogP contribution >= 0.6 is 0 Å². The second kappa shape index (κ2) is 5.32. The van der Waals surface area contributed by atoms with Crippen molar-refractivity contribution in [1.29, 1.82) is 0 Å². The van der Waals surface area contributed by atoms with Crippen molar-refractivity contribution in [3.8, 4) is 17.2 Å². The van der Waals surface area contributed by atoms with Crippen LogP contribution in [0.5, 0.6) is 17.2 Å². The normalized spacial score (nSPS) is 10.0. The fourth-order valence-electron chi connectivity index (χ4n) is 1.44. The van der Waals surface area contributed by atoms with Crippen LogP contribution in [0.25, 0.3) is 0 Å². The lowest BCUT2D eigenvalue weighted by Gasteiger charge is -2.09. The molecule has 0 bridgehead atoms. The molecule has 0 saturated heterocycles. The van der Waals surface area contributed by atoms with Crippen LogP contribution in [0, 0.1) is 0 Å². The van der Waals surface area contributed by atoms with E-state index in [1.165, 1.54) is 0 Å². The highest BCUT2D eigenvalue weighted by Gasteiger charge is 2.03. The lowest BCUT2D eigenvalue weighted by atomic mass is 10.3. The molecule has 0 amide bonds. The van der Waals surface area contributed by atoms with Crippen LogP contribution in [0.15, 0.2) is 42.6 Å². The molecule has 1 heterocycles. The predicted octanol–water partition coefficient (Wildman–Crippen LogP) is 2.34. The summed E-state index contributed by atoms with van der Waals surface area (Å²) in [7, 11) is 1.63. The fraction of sp³-hybridized carbons (Fsp3) is 0.154. The number of rotatable bonds is 4. The summed E-state index contributed by atoms with van der Waals surface area (Å²) >= 11 is 0. The summed E-state index contributed by atoms with van der Waals surface area (Å²) in [6.07, 6.45) is 1.70. The summed E-state index contributed by atoms with van der Waals surface area (Å²) in [4.78, 5) is 4.15. The number of hydrogen-bond donors (Lipinski definition) is 1. The largest absolute Gasteiger partial charge is 0.497 e. The van der Waals surface area contributed by atoms with E-state index in [0.29, 0.717) is 12.3 Å². The topological polar surface area (TPSA) is 57.4 Å². The zero-order valence-electron chi connectivity index (χ0n) is 9.59. The van der Waals surface area contributed by atoms with E-state index in [9.17, 15) is 0 Å². The Morgan fingerprint density at radius 2 is 1.82 bits per heavy atom. The van der Waals surface area contributed by atoms with Gasteiger partial charge in [-0.2, -0.15) is 0 Å². The van der Waals surface area contributed by atoms with Crippen LogP contribution in [0.2, 0.25) is 0 Å². The fourth-order valence-corrected chi connectivity index (χ4v) is 1.44. The number of benzene rings is 1. The van der Waals surface area contributed by atoms with Gasteiger partial charge in [0.05, 0.1) is 12.8 Å². The first-order valence-corrected chi connectivity index (χ1v) is 5.29. The van der Waals surface area contributed by atoms with Crippen LogP contribution in [0.3, 0.4) is 0 Å². The molecule has 4 heteroatoms. The van der Waals surface area contributed by atoms with Gasteiger partial charge in [0, 0.05) is 12.7 Å². The van der Waals surface area contributed by atoms with Gasteiger partial charge in [-0.15, -0.1) is 0 Å². The molecule has 2 aromatic rings. The Morgan fingerprint density at radius 3 is 2.47 bits per heavy atom. The Balaban J connectivity index is 2.19. The van der Waals surface area contributed by atoms with E-state index in [4.69, 9.17) is 15.2 Å². The number of hydrogen-bond acceptors (Lipinski definition) is 4. The van der Waals surface area contributed by atoms with Gasteiger partial charge in [0.2, 0.25) is 0 Å². The van der Waals surface area contributed by atoms with Crippen molar-refractivity contribution in [2.24, 2.45) is 5.73 Å². The molecule has 0 spiro atoms. The van der Waals surface area contributed by atoms with Crippen molar-refractivity contribution >= 4 is 0 Å². The van der Waals surface area contributed by atoms with Gasteiger partial charge in [0.25, 0.3) is 0 Å². The first kappa shape index (κ1) is 11.4. The smallest absolute Gasteiger partial charge is 0.150 e. The van der Waals surface area contributed by atoms with Crippen molar-refractivity contribution in [2.45, 2.75) is 6.54 Å². The molecule has 0 aliphatic rings. The Hall–Kier alpha value is -2.07. The lowest BCUT2D eigenvalue weighted by molar-refractivity contribution is 0.412. The minimum absolute atomic E-state index is 0.354. The number of nitrogens with two attached hydrogens (primary N) is 1. The quantitative estimate of drug-likeness (QED) is 0.875. The Labute approximate surface area is 100 Å². The molecule has 2 rings (SSSR count). The van der Waals surface area contributed by atoms with Crippen LogP contribution in [0.1, 0.15) is 5.69 Å². The lowest BCUT2D eigenvalue weighted by Crippen LogP contribution is -2.01. The number of ether oxygens (including phenoxy) is 2. The van der Waals surface area contributed by atoms with Gasteiger partial charge in [-0.05, 0) is 36.4 Å². The maximum atomic E-state index is 5.70. The van der Waals surface area contributed by atoms with Crippen molar-refractivity contribution in [2.75, 3.05) is 7.11 Å². The van der Waals surface area contributed by atoms with E-state index in [-0.39, 0.29) is 0 Å². The van der Waals surface area contributed by atoms with Crippen molar-refractivity contribution in [3.63, 3.8) is 0 Å². The molecular weight excluding hydrogens is 216 g/mol. The molecule has 1 aromatic heterocycles. The highest BCUT2D eigenvalue weighted by Crippen LogP contribution is 2.25. The minimum atomic E-state index is 0.354. The molecule has 0 aliphatic carbocycles. The Bertz CT molecular complexity index is 483. The monoisotopic (exact) mass is 230 g/mol. The first-order valence-electron chi connectivity index (χ1n) is 5.29. The molecule has 88 valence electrons. The standard InChI is InChI=1S/C13H14N2O2/c1-16-10-4-6-11(7-5-10)17-13-3-2-8-15-12(13)9-14/h2-8H,9,14H2,1H3. The summed E-state index contributed by atoms with van der Waals surface area (Å²) in [6, 6.07) is 11.0. The average Bonchev–Trinajstić information content (AvgIpc) is 2.40. The highest BCUT2D eigenvalue weighted by molar-refractivity contribution is 5.36. The van der Waals surface area contributed by atoms with Crippen molar-refractivity contribution < 1.29 is 9.47 Å². The number of aromatic nitrogens is 1. The number of nitrogens with zero attached hydrogens (tertiary/aromatic N) is 1. The van der Waals surface area contributed by atoms with E-state index in [0.717, 1.165) is 17.2 Å². The molecular formula is C13H14N2O2. The third kappa shape index (κ3) is 2.73. The molecule has 0 unspecified atom stereocenters. The second-order valence-corrected chi connectivity index (χ2v) is 3.43. The summed E-state index contributed by atoms with van der Waals surface area (Å²) in [5.74, 6) is 2.20. The van der Waals surface area contributed by atoms with Crippen molar-refractivity contribution in [3.05, 3.63) is 48.3 Å². The minimum Gasteiger partial charge on any atom is -0.497 e. The number of methoxy groups -OCH3 is 1. The average molecular weight is 230 g/mol. The van der Waals surface area contributed by atoms with Gasteiger partial charge in [0.1, 0.15) is 17.2 Å². The van der Waals surface area contributed by atoms with Gasteiger partial charge >= 0.3 is 0 Å². The molecule has 1 aromatic carbocycles. The van der Waals surface area contributed by atoms with E-state index in [1.54, 1.807) is 13.3 Å². The van der Waals surface area contributed by atoms with Gasteiger partial charge in [0.15, 0.2) is 0 Å². The van der Waals surface area contributed by atoms with Crippen LogP contribution < -0.4 is 15.2 Å². The summed E-state index contributed by atoms with van der Waals surface area (Å²) in [6.45, 7) is 0.354. The third-order valence-electron chi connectivity index (χ3n) is 2.33. The van der Waals surface area contributed by atoms with Gasteiger partial charge < -0.3 is 15.2 Å². The first-order chi connectivity index (χ1) is 8.33. The van der Waals surface area contributed by atoms with Crippen molar-refractivity contribution in [1.82, 2.24) is 4.98 Å². The second-order valence-electron chi connectivity index (χ2n) is 3.43. The Kier molecular flexibility index (Phi) is 3.57. The molecule has 4 nitrogen and oxygen atoms in total. The molecule has 0 fully saturated rings. The molecule has 2 N–H and O–H groups in total. The van der Waals surface area contributed by atoms with Crippen LogP contribution in [0.4, 0.5) is 0 Å². The molecule has 0 aliphatic heterocycles. The Morgan fingerprint density at radius 1 is 1.12 bits per heavy atom. The van der Waals surface area contributed by atoms with E-state index >= 15 is 0 Å². The summed E-state index contributed by atoms with van der Waals surface area (Å²) in [5, 5.41) is 0. The van der Waals surface area contributed by atoms with Gasteiger partial charge in [-0.3, -0.25) is 4.98 Å². The zero-order chi connectivity index (χ0) is 12.1. The highest BCUT2D eigenvalue weighted by atomic mass is 16.5. The zero-order valence-corrected chi connectivity index (χ0v) is 9.59. The van der Waals surface area contributed by atoms with E-state index in [2.05, 4.69) is 4.98 Å². The maximum absolute atomic E-state index is 5.70. The third-order valence-corrected chi connectivity index (χ3v) is 2.33. The van der Waals surface area contributed by atoms with Gasteiger partial charge in [-0.1, -0.05) is 0 Å². The van der Waals surface area contributed by atoms with Crippen LogP contribution in [-0.4, -0.2) is 12.1 Å². The van der Waals surface area contributed by atoms with Crippen LogP contribution in [-0.2, 0) is 6.54 Å². The number of pyridine rings is 1. The summed E-state index contributed by atoms with van der Waals surface area (Å²) in [5.41, 5.74) is 6.33. The van der Waals surface area contributed by atoms with Gasteiger partial charge in [-0.25, -0.2) is 0 Å². The molecule has 0 saturated carbocycles. The van der Waals surface area contributed by atoms with E-state index in [1.807, 2.05) is 36.4 Å². The van der Waals surface area contributed by atoms with E-state index < -0.39 is 0 Å². The summed E-state index contributed by atoms with van der Waals surface area (Å²) < 4.78 is 10.8. The molecule has 0 atom stereocenters. The molecule has 0 radical (unpaired) electrons. The maximum Gasteiger partial charge on any atom is 0.150 e. The SMILES string of the molecule is COc1ccc(Oc2cccnc2CN)cc1. The predicted molar refractivity (Wildman–Crippen MR) is 65.2 cm³/mol. The molecule has 17 heavy (non-hydrogen) atoms.